The Bertz CT molecular complexity index is 743. The smallest absolute Gasteiger partial charge is 0.209 e. The van der Waals surface area contributed by atoms with Crippen LogP contribution in [0.5, 0.6) is 0 Å². The molecule has 1 aliphatic heterocycles. The van der Waals surface area contributed by atoms with Crippen molar-refractivity contribution in [1.29, 1.82) is 0 Å². The van der Waals surface area contributed by atoms with Crippen LogP contribution in [-0.2, 0) is 14.3 Å². The molecule has 0 saturated carbocycles. The molecule has 0 aromatic rings. The number of allylic oxidation sites excluding steroid dienone is 2. The molecular formula is C21H30O6. The number of hydrogen-bond donors (Lipinski definition) is 3. The van der Waals surface area contributed by atoms with Gasteiger partial charge in [0.2, 0.25) is 5.78 Å². The molecule has 0 aromatic heterocycles. The highest BCUT2D eigenvalue weighted by molar-refractivity contribution is 6.25. The van der Waals surface area contributed by atoms with Crippen LogP contribution in [0.4, 0.5) is 0 Å². The Balaban J connectivity index is 2.58. The molecule has 0 saturated heterocycles. The first-order valence-electron chi connectivity index (χ1n) is 9.29. The van der Waals surface area contributed by atoms with Gasteiger partial charge < -0.3 is 20.1 Å². The summed E-state index contributed by atoms with van der Waals surface area (Å²) in [5, 5.41) is 32.2. The highest BCUT2D eigenvalue weighted by atomic mass is 16.5. The molecule has 27 heavy (non-hydrogen) atoms. The second-order valence-electron chi connectivity index (χ2n) is 8.69. The molecule has 150 valence electrons. The Kier molecular flexibility index (Phi) is 5.74. The maximum absolute atomic E-state index is 13.1. The van der Waals surface area contributed by atoms with Crippen molar-refractivity contribution in [3.05, 3.63) is 34.3 Å². The van der Waals surface area contributed by atoms with Gasteiger partial charge in [-0.15, -0.1) is 0 Å². The van der Waals surface area contributed by atoms with E-state index in [4.69, 9.17) is 4.74 Å². The van der Waals surface area contributed by atoms with Gasteiger partial charge in [-0.05, 0) is 33.6 Å². The van der Waals surface area contributed by atoms with Gasteiger partial charge in [-0.3, -0.25) is 9.59 Å². The monoisotopic (exact) mass is 378 g/mol. The van der Waals surface area contributed by atoms with Gasteiger partial charge >= 0.3 is 0 Å². The summed E-state index contributed by atoms with van der Waals surface area (Å²) in [7, 11) is 0. The van der Waals surface area contributed by atoms with E-state index in [0.717, 1.165) is 5.57 Å². The van der Waals surface area contributed by atoms with Crippen molar-refractivity contribution >= 4 is 11.6 Å². The van der Waals surface area contributed by atoms with Crippen LogP contribution in [0.1, 0.15) is 60.8 Å². The maximum Gasteiger partial charge on any atom is 0.209 e. The Morgan fingerprint density at radius 2 is 1.96 bits per heavy atom. The van der Waals surface area contributed by atoms with Crippen molar-refractivity contribution in [2.75, 3.05) is 0 Å². The van der Waals surface area contributed by atoms with Crippen LogP contribution in [0, 0.1) is 5.92 Å². The molecule has 1 heterocycles. The Hall–Kier alpha value is -1.92. The molecule has 0 radical (unpaired) electrons. The molecule has 6 nitrogen and oxygen atoms in total. The van der Waals surface area contributed by atoms with Crippen molar-refractivity contribution < 1.29 is 29.6 Å². The lowest BCUT2D eigenvalue weighted by Crippen LogP contribution is -2.47. The second-order valence-corrected chi connectivity index (χ2v) is 8.69. The minimum atomic E-state index is -2.07. The van der Waals surface area contributed by atoms with Crippen molar-refractivity contribution in [3.63, 3.8) is 0 Å². The van der Waals surface area contributed by atoms with Gasteiger partial charge in [0.25, 0.3) is 0 Å². The quantitative estimate of drug-likeness (QED) is 0.485. The van der Waals surface area contributed by atoms with Gasteiger partial charge in [0.15, 0.2) is 11.4 Å². The fourth-order valence-corrected chi connectivity index (χ4v) is 3.32. The summed E-state index contributed by atoms with van der Waals surface area (Å²) in [6.07, 6.45) is 1.07. The molecule has 0 fully saturated rings. The highest BCUT2D eigenvalue weighted by Gasteiger charge is 2.55. The number of hydrogen-bond acceptors (Lipinski definition) is 6. The van der Waals surface area contributed by atoms with E-state index in [2.05, 4.69) is 0 Å². The summed E-state index contributed by atoms with van der Waals surface area (Å²) >= 11 is 0. The van der Waals surface area contributed by atoms with Crippen LogP contribution >= 0.6 is 0 Å². The lowest BCUT2D eigenvalue weighted by Gasteiger charge is -2.33. The fourth-order valence-electron chi connectivity index (χ4n) is 3.32. The number of ketones is 2. The van der Waals surface area contributed by atoms with E-state index >= 15 is 0 Å². The fraction of sp³-hybridized carbons (Fsp3) is 0.619. The minimum absolute atomic E-state index is 0.00389. The molecule has 2 atom stereocenters. The SMILES string of the molecule is CC(C)=CCC1(O)C(=O)C(C(=O)CC(C)C)=C(O)C2=C1OC(C(C)(C)O)C2. The summed E-state index contributed by atoms with van der Waals surface area (Å²) in [4.78, 5) is 25.7. The summed E-state index contributed by atoms with van der Waals surface area (Å²) in [5.74, 6) is -1.85. The lowest BCUT2D eigenvalue weighted by molar-refractivity contribution is -0.138. The summed E-state index contributed by atoms with van der Waals surface area (Å²) in [6.45, 7) is 10.5. The van der Waals surface area contributed by atoms with E-state index in [1.807, 2.05) is 27.7 Å². The van der Waals surface area contributed by atoms with Gasteiger partial charge in [-0.25, -0.2) is 0 Å². The number of carbonyl (C=O) groups excluding carboxylic acids is 2. The van der Waals surface area contributed by atoms with E-state index in [1.165, 1.54) is 0 Å². The van der Waals surface area contributed by atoms with Crippen LogP contribution in [0.15, 0.2) is 34.3 Å². The van der Waals surface area contributed by atoms with E-state index < -0.39 is 34.6 Å². The summed E-state index contributed by atoms with van der Waals surface area (Å²) < 4.78 is 5.75. The molecule has 3 N–H and O–H groups in total. The van der Waals surface area contributed by atoms with Crippen molar-refractivity contribution in [2.24, 2.45) is 5.92 Å². The first kappa shape index (κ1) is 21.4. The Morgan fingerprint density at radius 1 is 1.37 bits per heavy atom. The Labute approximate surface area is 160 Å². The predicted octanol–water partition coefficient (Wildman–Crippen LogP) is 2.90. The van der Waals surface area contributed by atoms with Gasteiger partial charge in [0.1, 0.15) is 23.2 Å². The predicted molar refractivity (Wildman–Crippen MR) is 101 cm³/mol. The Morgan fingerprint density at radius 3 is 2.44 bits per heavy atom. The normalized spacial score (nSPS) is 25.7. The molecule has 2 unspecified atom stereocenters. The molecule has 1 aliphatic carbocycles. The van der Waals surface area contributed by atoms with E-state index in [9.17, 15) is 24.9 Å². The minimum Gasteiger partial charge on any atom is -0.507 e. The third-order valence-electron chi connectivity index (χ3n) is 4.89. The first-order valence-corrected chi connectivity index (χ1v) is 9.29. The average molecular weight is 378 g/mol. The zero-order valence-electron chi connectivity index (χ0n) is 16.9. The number of aliphatic hydroxyl groups is 3. The summed E-state index contributed by atoms with van der Waals surface area (Å²) in [6, 6.07) is 0. The van der Waals surface area contributed by atoms with Gasteiger partial charge in [-0.2, -0.15) is 0 Å². The molecular weight excluding hydrogens is 348 g/mol. The van der Waals surface area contributed by atoms with Crippen molar-refractivity contribution in [1.82, 2.24) is 0 Å². The maximum atomic E-state index is 13.1. The number of carbonyl (C=O) groups is 2. The lowest BCUT2D eigenvalue weighted by atomic mass is 9.77. The van der Waals surface area contributed by atoms with Crippen LogP contribution < -0.4 is 0 Å². The molecule has 0 bridgehead atoms. The molecule has 0 spiro atoms. The third kappa shape index (κ3) is 4.01. The zero-order chi connectivity index (χ0) is 20.7. The topological polar surface area (TPSA) is 104 Å². The van der Waals surface area contributed by atoms with Crippen LogP contribution in [0.2, 0.25) is 0 Å². The van der Waals surface area contributed by atoms with Crippen LogP contribution in [-0.4, -0.2) is 44.2 Å². The van der Waals surface area contributed by atoms with E-state index in [0.29, 0.717) is 0 Å². The third-order valence-corrected chi connectivity index (χ3v) is 4.89. The van der Waals surface area contributed by atoms with Gasteiger partial charge in [0, 0.05) is 24.8 Å². The van der Waals surface area contributed by atoms with Crippen molar-refractivity contribution in [2.45, 2.75) is 78.1 Å². The average Bonchev–Trinajstić information content (AvgIpc) is 2.97. The number of Topliss-reactive ketones (excluding diaryl/α,β-unsaturated/α-hetero) is 2. The van der Waals surface area contributed by atoms with E-state index in [-0.39, 0.29) is 42.1 Å². The van der Waals surface area contributed by atoms with E-state index in [1.54, 1.807) is 19.9 Å². The highest BCUT2D eigenvalue weighted by Crippen LogP contribution is 2.46. The number of aliphatic hydroxyl groups excluding tert-OH is 1. The standard InChI is InChI=1S/C21H30O6/c1-11(2)7-8-21(26)18(24)16(14(22)9-12(3)4)17(23)13-10-15(20(5,6)25)27-19(13)21/h7,12,15,23,25-26H,8-10H2,1-6H3. The molecule has 0 amide bonds. The van der Waals surface area contributed by atoms with Crippen LogP contribution in [0.3, 0.4) is 0 Å². The second kappa shape index (κ2) is 7.24. The van der Waals surface area contributed by atoms with Crippen LogP contribution in [0.25, 0.3) is 0 Å². The first-order chi connectivity index (χ1) is 12.3. The molecule has 2 aliphatic rings. The number of rotatable bonds is 6. The van der Waals surface area contributed by atoms with Crippen molar-refractivity contribution in [3.8, 4) is 0 Å². The number of ether oxygens (including phenoxy) is 1. The van der Waals surface area contributed by atoms with Gasteiger partial charge in [-0.1, -0.05) is 25.5 Å². The zero-order valence-corrected chi connectivity index (χ0v) is 16.9. The largest absolute Gasteiger partial charge is 0.507 e. The molecule has 0 aromatic carbocycles. The summed E-state index contributed by atoms with van der Waals surface area (Å²) in [5.41, 5.74) is -2.57. The molecule has 2 rings (SSSR count). The van der Waals surface area contributed by atoms with Gasteiger partial charge in [0.05, 0.1) is 5.60 Å². The molecule has 6 heteroatoms.